The molecule has 0 saturated carbocycles. The lowest BCUT2D eigenvalue weighted by Gasteiger charge is -2.35. The number of rotatable bonds is 3. The van der Waals surface area contributed by atoms with Crippen molar-refractivity contribution in [1.29, 1.82) is 0 Å². The van der Waals surface area contributed by atoms with E-state index in [9.17, 15) is 9.18 Å². The van der Waals surface area contributed by atoms with Crippen molar-refractivity contribution in [2.24, 2.45) is 0 Å². The van der Waals surface area contributed by atoms with Crippen LogP contribution in [0.4, 0.5) is 10.1 Å². The Bertz CT molecular complexity index is 666. The zero-order valence-corrected chi connectivity index (χ0v) is 12.2. The highest BCUT2D eigenvalue weighted by molar-refractivity contribution is 5.91. The molecule has 116 valence electrons. The highest BCUT2D eigenvalue weighted by Gasteiger charge is 2.26. The van der Waals surface area contributed by atoms with Crippen molar-refractivity contribution in [1.82, 2.24) is 10.1 Å². The zero-order chi connectivity index (χ0) is 15.5. The van der Waals surface area contributed by atoms with E-state index in [2.05, 4.69) is 5.16 Å². The fourth-order valence-electron chi connectivity index (χ4n) is 2.47. The smallest absolute Gasteiger partial charge is 0.292 e. The van der Waals surface area contributed by atoms with Crippen LogP contribution >= 0.6 is 0 Å². The Morgan fingerprint density at radius 1 is 1.27 bits per heavy atom. The van der Waals surface area contributed by atoms with Gasteiger partial charge in [-0.1, -0.05) is 12.1 Å². The number of hydrogen-bond acceptors (Lipinski definition) is 5. The van der Waals surface area contributed by atoms with Gasteiger partial charge >= 0.3 is 0 Å². The molecule has 0 unspecified atom stereocenters. The number of nitrogens with zero attached hydrogens (tertiary/aromatic N) is 3. The van der Waals surface area contributed by atoms with Crippen LogP contribution < -0.4 is 9.64 Å². The molecular formula is C15H16FN3O3. The summed E-state index contributed by atoms with van der Waals surface area (Å²) in [6.45, 7) is 2.13. The van der Waals surface area contributed by atoms with Crippen LogP contribution in [0.2, 0.25) is 0 Å². The Labute approximate surface area is 127 Å². The van der Waals surface area contributed by atoms with Crippen molar-refractivity contribution in [2.45, 2.75) is 0 Å². The Kier molecular flexibility index (Phi) is 3.95. The number of piperazine rings is 1. The Hall–Kier alpha value is -2.57. The SMILES string of the molecule is COc1cc(C(=O)N2CCN(c3ccccc3F)CC2)on1. The molecule has 1 aromatic carbocycles. The molecule has 1 amide bonds. The number of benzene rings is 1. The summed E-state index contributed by atoms with van der Waals surface area (Å²) in [6, 6.07) is 8.11. The van der Waals surface area contributed by atoms with Gasteiger partial charge in [-0.25, -0.2) is 4.39 Å². The molecule has 3 rings (SSSR count). The van der Waals surface area contributed by atoms with E-state index in [1.165, 1.54) is 19.2 Å². The first kappa shape index (κ1) is 14.4. The summed E-state index contributed by atoms with van der Waals surface area (Å²) < 4.78 is 23.6. The summed E-state index contributed by atoms with van der Waals surface area (Å²) in [5.74, 6) is -0.0595. The molecule has 1 aliphatic heterocycles. The standard InChI is InChI=1S/C15H16FN3O3/c1-21-14-10-13(22-17-14)15(20)19-8-6-18(7-9-19)12-5-3-2-4-11(12)16/h2-5,10H,6-9H2,1H3. The average molecular weight is 305 g/mol. The van der Waals surface area contributed by atoms with Gasteiger partial charge < -0.3 is 19.1 Å². The molecule has 6 nitrogen and oxygen atoms in total. The van der Waals surface area contributed by atoms with Crippen LogP contribution in [0.3, 0.4) is 0 Å². The number of amides is 1. The van der Waals surface area contributed by atoms with Crippen LogP contribution in [0, 0.1) is 5.82 Å². The van der Waals surface area contributed by atoms with E-state index in [1.807, 2.05) is 4.90 Å². The van der Waals surface area contributed by atoms with Gasteiger partial charge in [-0.2, -0.15) is 0 Å². The maximum absolute atomic E-state index is 13.8. The molecule has 0 radical (unpaired) electrons. The maximum Gasteiger partial charge on any atom is 0.292 e. The molecule has 1 aromatic heterocycles. The molecule has 1 fully saturated rings. The van der Waals surface area contributed by atoms with Crippen LogP contribution in [0.5, 0.6) is 5.88 Å². The van der Waals surface area contributed by atoms with Gasteiger partial charge in [0.25, 0.3) is 11.8 Å². The van der Waals surface area contributed by atoms with E-state index in [4.69, 9.17) is 9.26 Å². The van der Waals surface area contributed by atoms with E-state index >= 15 is 0 Å². The Balaban J connectivity index is 1.64. The van der Waals surface area contributed by atoms with Crippen LogP contribution in [-0.4, -0.2) is 49.3 Å². The average Bonchev–Trinajstić information content (AvgIpc) is 3.04. The molecule has 2 heterocycles. The molecule has 0 spiro atoms. The van der Waals surface area contributed by atoms with Gasteiger partial charge in [0.05, 0.1) is 18.9 Å². The number of carbonyl (C=O) groups excluding carboxylic acids is 1. The van der Waals surface area contributed by atoms with E-state index in [-0.39, 0.29) is 23.4 Å². The fraction of sp³-hybridized carbons (Fsp3) is 0.333. The quantitative estimate of drug-likeness (QED) is 0.865. The lowest BCUT2D eigenvalue weighted by atomic mass is 10.2. The number of ether oxygens (including phenoxy) is 1. The summed E-state index contributed by atoms with van der Waals surface area (Å²) in [4.78, 5) is 15.9. The first-order valence-electron chi connectivity index (χ1n) is 6.98. The number of halogens is 1. The van der Waals surface area contributed by atoms with E-state index < -0.39 is 0 Å². The molecule has 0 aliphatic carbocycles. The van der Waals surface area contributed by atoms with Crippen molar-refractivity contribution in [3.05, 3.63) is 41.9 Å². The molecule has 7 heteroatoms. The fourth-order valence-corrected chi connectivity index (χ4v) is 2.47. The highest BCUT2D eigenvalue weighted by atomic mass is 19.1. The van der Waals surface area contributed by atoms with Crippen LogP contribution in [0.25, 0.3) is 0 Å². The minimum absolute atomic E-state index is 0.149. The van der Waals surface area contributed by atoms with E-state index in [0.717, 1.165) is 0 Å². The molecule has 0 bridgehead atoms. The summed E-state index contributed by atoms with van der Waals surface area (Å²) in [6.07, 6.45) is 0. The zero-order valence-electron chi connectivity index (χ0n) is 12.2. The molecular weight excluding hydrogens is 289 g/mol. The van der Waals surface area contributed by atoms with Crippen molar-refractivity contribution in [3.63, 3.8) is 0 Å². The predicted molar refractivity (Wildman–Crippen MR) is 77.6 cm³/mol. The van der Waals surface area contributed by atoms with Gasteiger partial charge in [0, 0.05) is 26.2 Å². The molecule has 0 N–H and O–H groups in total. The van der Waals surface area contributed by atoms with Crippen molar-refractivity contribution in [3.8, 4) is 5.88 Å². The number of carbonyl (C=O) groups is 1. The third-order valence-electron chi connectivity index (χ3n) is 3.67. The van der Waals surface area contributed by atoms with Crippen LogP contribution in [-0.2, 0) is 0 Å². The third kappa shape index (κ3) is 2.74. The Morgan fingerprint density at radius 3 is 2.64 bits per heavy atom. The number of aromatic nitrogens is 1. The summed E-state index contributed by atoms with van der Waals surface area (Å²) in [7, 11) is 1.46. The van der Waals surface area contributed by atoms with Gasteiger partial charge in [0.1, 0.15) is 5.82 Å². The molecule has 0 atom stereocenters. The van der Waals surface area contributed by atoms with Gasteiger partial charge in [-0.05, 0) is 17.3 Å². The topological polar surface area (TPSA) is 58.8 Å². The van der Waals surface area contributed by atoms with Crippen LogP contribution in [0.15, 0.2) is 34.9 Å². The molecule has 1 saturated heterocycles. The van der Waals surface area contributed by atoms with Gasteiger partial charge in [-0.15, -0.1) is 0 Å². The summed E-state index contributed by atoms with van der Waals surface area (Å²) in [5, 5.41) is 3.62. The van der Waals surface area contributed by atoms with Gasteiger partial charge in [-0.3, -0.25) is 4.79 Å². The lowest BCUT2D eigenvalue weighted by molar-refractivity contribution is 0.0704. The molecule has 2 aromatic rings. The Morgan fingerprint density at radius 2 is 2.00 bits per heavy atom. The second kappa shape index (κ2) is 6.05. The minimum atomic E-state index is -0.248. The third-order valence-corrected chi connectivity index (χ3v) is 3.67. The summed E-state index contributed by atoms with van der Waals surface area (Å²) >= 11 is 0. The highest BCUT2D eigenvalue weighted by Crippen LogP contribution is 2.21. The van der Waals surface area contributed by atoms with Crippen molar-refractivity contribution < 1.29 is 18.4 Å². The largest absolute Gasteiger partial charge is 0.479 e. The second-order valence-electron chi connectivity index (χ2n) is 4.96. The summed E-state index contributed by atoms with van der Waals surface area (Å²) in [5.41, 5.74) is 0.566. The number of methoxy groups -OCH3 is 1. The van der Waals surface area contributed by atoms with E-state index in [0.29, 0.717) is 31.9 Å². The van der Waals surface area contributed by atoms with Gasteiger partial charge in [0.2, 0.25) is 5.76 Å². The molecule has 1 aliphatic rings. The molecule has 22 heavy (non-hydrogen) atoms. The number of para-hydroxylation sites is 1. The first-order valence-corrected chi connectivity index (χ1v) is 6.98. The van der Waals surface area contributed by atoms with Gasteiger partial charge in [0.15, 0.2) is 0 Å². The number of anilines is 1. The number of hydrogen-bond donors (Lipinski definition) is 0. The second-order valence-corrected chi connectivity index (χ2v) is 4.96. The van der Waals surface area contributed by atoms with Crippen molar-refractivity contribution >= 4 is 11.6 Å². The maximum atomic E-state index is 13.8. The lowest BCUT2D eigenvalue weighted by Crippen LogP contribution is -2.49. The first-order chi connectivity index (χ1) is 10.7. The van der Waals surface area contributed by atoms with E-state index in [1.54, 1.807) is 23.1 Å². The predicted octanol–water partition coefficient (Wildman–Crippen LogP) is 1.78. The monoisotopic (exact) mass is 305 g/mol. The van der Waals surface area contributed by atoms with Crippen molar-refractivity contribution in [2.75, 3.05) is 38.2 Å². The normalized spacial score (nSPS) is 15.0. The van der Waals surface area contributed by atoms with Crippen LogP contribution in [0.1, 0.15) is 10.6 Å². The minimum Gasteiger partial charge on any atom is -0.479 e.